The smallest absolute Gasteiger partial charge is 0.319 e. The van der Waals surface area contributed by atoms with Crippen LogP contribution >= 0.6 is 0 Å². The summed E-state index contributed by atoms with van der Waals surface area (Å²) >= 11 is 0. The predicted octanol–water partition coefficient (Wildman–Crippen LogP) is 3.24. The molecule has 1 aliphatic rings. The maximum absolute atomic E-state index is 13.0. The zero-order valence-electron chi connectivity index (χ0n) is 16.6. The van der Waals surface area contributed by atoms with Crippen molar-refractivity contribution in [1.82, 2.24) is 10.2 Å². The molecule has 1 heterocycles. The van der Waals surface area contributed by atoms with E-state index in [9.17, 15) is 14.4 Å². The van der Waals surface area contributed by atoms with Gasteiger partial charge in [0.05, 0.1) is 0 Å². The molecule has 6 nitrogen and oxygen atoms in total. The van der Waals surface area contributed by atoms with E-state index in [1.165, 1.54) is 4.90 Å². The quantitative estimate of drug-likeness (QED) is 0.811. The molecule has 3 rings (SSSR count). The Morgan fingerprint density at radius 3 is 2.25 bits per heavy atom. The lowest BCUT2D eigenvalue weighted by Gasteiger charge is -2.23. The van der Waals surface area contributed by atoms with Gasteiger partial charge in [-0.15, -0.1) is 0 Å². The number of urea groups is 1. The van der Waals surface area contributed by atoms with Gasteiger partial charge in [-0.2, -0.15) is 0 Å². The van der Waals surface area contributed by atoms with Gasteiger partial charge in [0.25, 0.3) is 5.91 Å². The number of imide groups is 1. The Labute approximate surface area is 165 Å². The summed E-state index contributed by atoms with van der Waals surface area (Å²) in [6, 6.07) is 16.2. The van der Waals surface area contributed by atoms with Gasteiger partial charge in [-0.05, 0) is 36.1 Å². The number of anilines is 1. The van der Waals surface area contributed by atoms with Crippen molar-refractivity contribution in [2.24, 2.45) is 0 Å². The second-order valence-corrected chi connectivity index (χ2v) is 7.51. The fraction of sp³-hybridized carbons (Fsp3) is 0.318. The molecule has 1 saturated heterocycles. The molecule has 1 N–H and O–H groups in total. The topological polar surface area (TPSA) is 69.7 Å². The Hall–Kier alpha value is -3.15. The van der Waals surface area contributed by atoms with Crippen molar-refractivity contribution in [1.29, 1.82) is 0 Å². The fourth-order valence-electron chi connectivity index (χ4n) is 3.27. The van der Waals surface area contributed by atoms with Crippen LogP contribution in [0.5, 0.6) is 0 Å². The molecule has 1 aliphatic heterocycles. The lowest BCUT2D eigenvalue weighted by molar-refractivity contribution is -0.134. The van der Waals surface area contributed by atoms with Gasteiger partial charge in [0, 0.05) is 12.7 Å². The average Bonchev–Trinajstić information content (AvgIpc) is 2.92. The summed E-state index contributed by atoms with van der Waals surface area (Å²) in [6.45, 7) is 5.55. The fourth-order valence-corrected chi connectivity index (χ4v) is 3.27. The Balaban J connectivity index is 1.78. The van der Waals surface area contributed by atoms with E-state index in [4.69, 9.17) is 0 Å². The van der Waals surface area contributed by atoms with Gasteiger partial charge in [-0.3, -0.25) is 14.5 Å². The number of carbonyl (C=O) groups is 3. The molecule has 0 bridgehead atoms. The molecule has 1 atom stereocenters. The van der Waals surface area contributed by atoms with E-state index in [0.717, 1.165) is 10.5 Å². The van der Waals surface area contributed by atoms with Crippen LogP contribution in [0.2, 0.25) is 0 Å². The number of nitrogens with one attached hydrogen (secondary N) is 1. The van der Waals surface area contributed by atoms with Crippen molar-refractivity contribution in [3.63, 3.8) is 0 Å². The number of hydrogen-bond donors (Lipinski definition) is 1. The maximum Gasteiger partial charge on any atom is 0.325 e. The van der Waals surface area contributed by atoms with Crippen molar-refractivity contribution in [2.75, 3.05) is 18.5 Å². The molecule has 0 saturated carbocycles. The van der Waals surface area contributed by atoms with Crippen LogP contribution in [0, 0.1) is 0 Å². The number of likely N-dealkylation sites (N-methyl/N-ethyl adjacent to an activating group) is 1. The molecule has 2 aromatic rings. The Bertz CT molecular complexity index is 893. The number of nitrogens with zero attached hydrogens (tertiary/aromatic N) is 2. The highest BCUT2D eigenvalue weighted by molar-refractivity contribution is 6.10. The van der Waals surface area contributed by atoms with Gasteiger partial charge in [-0.1, -0.05) is 56.3 Å². The van der Waals surface area contributed by atoms with Gasteiger partial charge in [0.2, 0.25) is 5.91 Å². The van der Waals surface area contributed by atoms with E-state index >= 15 is 0 Å². The van der Waals surface area contributed by atoms with Crippen LogP contribution in [0.1, 0.15) is 37.8 Å². The molecular formula is C22H25N3O3. The molecule has 4 amide bonds. The average molecular weight is 379 g/mol. The summed E-state index contributed by atoms with van der Waals surface area (Å²) in [4.78, 5) is 40.5. The molecule has 2 aromatic carbocycles. The van der Waals surface area contributed by atoms with Crippen LogP contribution in [0.4, 0.5) is 10.5 Å². The first-order valence-corrected chi connectivity index (χ1v) is 9.30. The standard InChI is InChI=1S/C22H25N3O3/c1-15(2)16-10-12-17(13-11-16)22(3)20(27)25(21(28)23-22)14-19(26)24(4)18-8-6-5-7-9-18/h5-13,15H,14H2,1-4H3,(H,23,28). The van der Waals surface area contributed by atoms with E-state index in [1.54, 1.807) is 26.1 Å². The van der Waals surface area contributed by atoms with Crippen LogP contribution in [-0.2, 0) is 15.1 Å². The zero-order chi connectivity index (χ0) is 20.5. The number of para-hydroxylation sites is 1. The van der Waals surface area contributed by atoms with Gasteiger partial charge in [0.1, 0.15) is 12.1 Å². The molecule has 6 heteroatoms. The second kappa shape index (κ2) is 7.46. The van der Waals surface area contributed by atoms with Crippen molar-refractivity contribution < 1.29 is 14.4 Å². The first kappa shape index (κ1) is 19.6. The molecule has 1 unspecified atom stereocenters. The summed E-state index contributed by atoms with van der Waals surface area (Å²) in [5.74, 6) is -0.392. The monoisotopic (exact) mass is 379 g/mol. The Morgan fingerprint density at radius 2 is 1.68 bits per heavy atom. The summed E-state index contributed by atoms with van der Waals surface area (Å²) in [6.07, 6.45) is 0. The third kappa shape index (κ3) is 3.50. The highest BCUT2D eigenvalue weighted by atomic mass is 16.2. The lowest BCUT2D eigenvalue weighted by atomic mass is 9.90. The van der Waals surface area contributed by atoms with E-state index in [2.05, 4.69) is 19.2 Å². The Kier molecular flexibility index (Phi) is 5.23. The SMILES string of the molecule is CC(C)c1ccc(C2(C)NC(=O)N(CC(=O)N(C)c3ccccc3)C2=O)cc1. The normalized spacial score (nSPS) is 19.1. The minimum Gasteiger partial charge on any atom is -0.319 e. The molecule has 1 fully saturated rings. The number of benzene rings is 2. The number of carbonyl (C=O) groups excluding carboxylic acids is 3. The van der Waals surface area contributed by atoms with E-state index in [-0.39, 0.29) is 12.5 Å². The number of hydrogen-bond acceptors (Lipinski definition) is 3. The molecular weight excluding hydrogens is 354 g/mol. The number of rotatable bonds is 5. The molecule has 0 spiro atoms. The van der Waals surface area contributed by atoms with Crippen molar-refractivity contribution >= 4 is 23.5 Å². The third-order valence-corrected chi connectivity index (χ3v) is 5.24. The molecule has 28 heavy (non-hydrogen) atoms. The Morgan fingerprint density at radius 1 is 1.07 bits per heavy atom. The van der Waals surface area contributed by atoms with Crippen LogP contribution in [0.3, 0.4) is 0 Å². The van der Waals surface area contributed by atoms with E-state index in [1.807, 2.05) is 42.5 Å². The summed E-state index contributed by atoms with van der Waals surface area (Å²) < 4.78 is 0. The molecule has 0 aromatic heterocycles. The van der Waals surface area contributed by atoms with Crippen molar-refractivity contribution in [3.05, 3.63) is 65.7 Å². The van der Waals surface area contributed by atoms with Gasteiger partial charge in [-0.25, -0.2) is 4.79 Å². The van der Waals surface area contributed by atoms with Crippen LogP contribution in [-0.4, -0.2) is 36.3 Å². The number of amides is 4. The second-order valence-electron chi connectivity index (χ2n) is 7.51. The molecule has 0 aliphatic carbocycles. The van der Waals surface area contributed by atoms with Crippen LogP contribution in [0.15, 0.2) is 54.6 Å². The first-order chi connectivity index (χ1) is 13.2. The zero-order valence-corrected chi connectivity index (χ0v) is 16.6. The van der Waals surface area contributed by atoms with Gasteiger partial charge < -0.3 is 10.2 Å². The summed E-state index contributed by atoms with van der Waals surface area (Å²) in [7, 11) is 1.62. The predicted molar refractivity (Wildman–Crippen MR) is 108 cm³/mol. The first-order valence-electron chi connectivity index (χ1n) is 9.30. The minimum atomic E-state index is -1.18. The van der Waals surface area contributed by atoms with Crippen molar-refractivity contribution in [3.8, 4) is 0 Å². The highest BCUT2D eigenvalue weighted by Gasteiger charge is 2.49. The summed E-state index contributed by atoms with van der Waals surface area (Å²) in [5.41, 5.74) is 1.37. The highest BCUT2D eigenvalue weighted by Crippen LogP contribution is 2.30. The van der Waals surface area contributed by atoms with Crippen LogP contribution < -0.4 is 10.2 Å². The summed E-state index contributed by atoms with van der Waals surface area (Å²) in [5, 5.41) is 2.75. The van der Waals surface area contributed by atoms with E-state index < -0.39 is 17.5 Å². The van der Waals surface area contributed by atoms with E-state index in [0.29, 0.717) is 17.2 Å². The van der Waals surface area contributed by atoms with Gasteiger partial charge in [0.15, 0.2) is 0 Å². The maximum atomic E-state index is 13.0. The van der Waals surface area contributed by atoms with Crippen molar-refractivity contribution in [2.45, 2.75) is 32.2 Å². The lowest BCUT2D eigenvalue weighted by Crippen LogP contribution is -2.43. The van der Waals surface area contributed by atoms with Crippen LogP contribution in [0.25, 0.3) is 0 Å². The molecule has 0 radical (unpaired) electrons. The third-order valence-electron chi connectivity index (χ3n) is 5.24. The largest absolute Gasteiger partial charge is 0.325 e. The molecule has 146 valence electrons. The van der Waals surface area contributed by atoms with Gasteiger partial charge >= 0.3 is 6.03 Å². The minimum absolute atomic E-state index is 0.310.